The van der Waals surface area contributed by atoms with Crippen LogP contribution in [-0.4, -0.2) is 51.1 Å². The van der Waals surface area contributed by atoms with E-state index in [1.807, 2.05) is 21.6 Å². The van der Waals surface area contributed by atoms with Gasteiger partial charge in [0.1, 0.15) is 5.82 Å². The first-order valence-electron chi connectivity index (χ1n) is 11.5. The van der Waals surface area contributed by atoms with Crippen molar-refractivity contribution in [3.05, 3.63) is 47.0 Å². The van der Waals surface area contributed by atoms with Gasteiger partial charge in [-0.25, -0.2) is 0 Å². The number of nitrogens with one attached hydrogen (secondary N) is 1. The lowest BCUT2D eigenvalue weighted by atomic mass is 9.80. The van der Waals surface area contributed by atoms with Gasteiger partial charge >= 0.3 is 0 Å². The Labute approximate surface area is 183 Å². The van der Waals surface area contributed by atoms with Crippen molar-refractivity contribution in [1.29, 1.82) is 0 Å². The molecule has 0 radical (unpaired) electrons. The largest absolute Gasteiger partial charge is 0.349 e. The molecule has 1 N–H and O–H groups in total. The van der Waals surface area contributed by atoms with Gasteiger partial charge in [-0.3, -0.25) is 9.59 Å². The van der Waals surface area contributed by atoms with E-state index in [0.29, 0.717) is 18.2 Å². The molecule has 2 fully saturated rings. The third kappa shape index (κ3) is 4.36. The number of rotatable bonds is 5. The molecule has 7 nitrogen and oxygen atoms in total. The predicted molar refractivity (Wildman–Crippen MR) is 117 cm³/mol. The molecule has 2 aromatic rings. The van der Waals surface area contributed by atoms with Gasteiger partial charge in [0, 0.05) is 32.6 Å². The lowest BCUT2D eigenvalue weighted by Crippen LogP contribution is -2.33. The quantitative estimate of drug-likeness (QED) is 0.805. The number of likely N-dealkylation sites (tertiary alicyclic amines) is 1. The third-order valence-corrected chi connectivity index (χ3v) is 7.29. The van der Waals surface area contributed by atoms with E-state index in [2.05, 4.69) is 34.6 Å². The van der Waals surface area contributed by atoms with Crippen molar-refractivity contribution in [2.24, 2.45) is 11.3 Å². The number of fused-ring (bicyclic) bond motifs is 1. The van der Waals surface area contributed by atoms with Gasteiger partial charge in [0.05, 0.1) is 6.42 Å². The molecule has 7 heteroatoms. The Kier molecular flexibility index (Phi) is 5.28. The van der Waals surface area contributed by atoms with Crippen molar-refractivity contribution in [1.82, 2.24) is 25.0 Å². The number of benzene rings is 1. The minimum absolute atomic E-state index is 0.108. The van der Waals surface area contributed by atoms with Crippen LogP contribution >= 0.6 is 0 Å². The molecule has 31 heavy (non-hydrogen) atoms. The van der Waals surface area contributed by atoms with Crippen molar-refractivity contribution in [2.45, 2.75) is 58.4 Å². The number of carbonyl (C=O) groups excluding carboxylic acids is 2. The summed E-state index contributed by atoms with van der Waals surface area (Å²) in [5.74, 6) is 2.09. The number of nitrogens with zero attached hydrogens (tertiary/aromatic N) is 4. The number of aromatic nitrogens is 3. The molecule has 3 aliphatic rings. The highest BCUT2D eigenvalue weighted by Crippen LogP contribution is 2.41. The fraction of sp³-hybridized carbons (Fsp3) is 0.583. The Bertz CT molecular complexity index is 978. The van der Waals surface area contributed by atoms with Crippen molar-refractivity contribution < 1.29 is 9.59 Å². The minimum atomic E-state index is -0.108. The normalized spacial score (nSPS) is 22.9. The van der Waals surface area contributed by atoms with E-state index in [1.165, 1.54) is 18.4 Å². The molecule has 0 unspecified atom stereocenters. The summed E-state index contributed by atoms with van der Waals surface area (Å²) in [6, 6.07) is 8.22. The summed E-state index contributed by atoms with van der Waals surface area (Å²) in [6.45, 7) is 5.17. The lowest BCUT2D eigenvalue weighted by Gasteiger charge is -2.27. The number of aryl methyl sites for hydroxylation is 2. The van der Waals surface area contributed by atoms with Gasteiger partial charge in [0.2, 0.25) is 11.7 Å². The fourth-order valence-corrected chi connectivity index (χ4v) is 4.96. The van der Waals surface area contributed by atoms with Crippen molar-refractivity contribution in [3.8, 4) is 0 Å². The van der Waals surface area contributed by atoms with E-state index < -0.39 is 0 Å². The van der Waals surface area contributed by atoms with Gasteiger partial charge in [-0.15, -0.1) is 10.2 Å². The molecule has 5 rings (SSSR count). The molecule has 1 saturated heterocycles. The SMILES string of the molecule is Cc1ccc(CC(=O)N2CC[C@]3(CCc4nnc(C(=O)NCC5CC5)n4CC3)C2)cc1. The van der Waals surface area contributed by atoms with Crippen LogP contribution in [0.15, 0.2) is 24.3 Å². The summed E-state index contributed by atoms with van der Waals surface area (Å²) in [5.41, 5.74) is 2.40. The van der Waals surface area contributed by atoms with Crippen LogP contribution in [-0.2, 0) is 24.2 Å². The topological polar surface area (TPSA) is 80.1 Å². The van der Waals surface area contributed by atoms with Crippen LogP contribution in [0.3, 0.4) is 0 Å². The molecular weight excluding hydrogens is 390 g/mol. The third-order valence-electron chi connectivity index (χ3n) is 7.29. The number of hydrogen-bond acceptors (Lipinski definition) is 4. The molecule has 164 valence electrons. The molecule has 1 aliphatic carbocycles. The van der Waals surface area contributed by atoms with Crippen LogP contribution in [0.5, 0.6) is 0 Å². The van der Waals surface area contributed by atoms with Crippen LogP contribution in [0.1, 0.15) is 59.7 Å². The Morgan fingerprint density at radius 2 is 1.87 bits per heavy atom. The second kappa shape index (κ2) is 8.09. The molecule has 1 aromatic heterocycles. The zero-order valence-corrected chi connectivity index (χ0v) is 18.3. The summed E-state index contributed by atoms with van der Waals surface area (Å²) in [7, 11) is 0. The van der Waals surface area contributed by atoms with E-state index in [-0.39, 0.29) is 17.2 Å². The molecule has 1 aromatic carbocycles. The molecule has 0 bridgehead atoms. The smallest absolute Gasteiger partial charge is 0.289 e. The highest BCUT2D eigenvalue weighted by atomic mass is 16.2. The number of carbonyl (C=O) groups is 2. The molecule has 2 aliphatic heterocycles. The van der Waals surface area contributed by atoms with Crippen molar-refractivity contribution >= 4 is 11.8 Å². The van der Waals surface area contributed by atoms with E-state index in [4.69, 9.17) is 0 Å². The van der Waals surface area contributed by atoms with E-state index in [1.54, 1.807) is 0 Å². The highest BCUT2D eigenvalue weighted by Gasteiger charge is 2.41. The average Bonchev–Trinajstić information content (AvgIpc) is 3.41. The van der Waals surface area contributed by atoms with Crippen molar-refractivity contribution in [2.75, 3.05) is 19.6 Å². The van der Waals surface area contributed by atoms with Gasteiger partial charge < -0.3 is 14.8 Å². The monoisotopic (exact) mass is 421 g/mol. The lowest BCUT2D eigenvalue weighted by molar-refractivity contribution is -0.129. The molecular formula is C24H31N5O2. The molecule has 1 atom stereocenters. The Morgan fingerprint density at radius 3 is 2.65 bits per heavy atom. The summed E-state index contributed by atoms with van der Waals surface area (Å²) in [6.07, 6.45) is 6.66. The standard InChI is InChI=1S/C24H31N5O2/c1-17-2-4-18(5-3-17)14-21(30)28-12-10-24(16-28)9-8-20-26-27-22(29(20)13-11-24)23(31)25-15-19-6-7-19/h2-5,19H,6-16H2,1H3,(H,25,31)/t24-/m0/s1. The van der Waals surface area contributed by atoms with Crippen molar-refractivity contribution in [3.63, 3.8) is 0 Å². The summed E-state index contributed by atoms with van der Waals surface area (Å²) in [5, 5.41) is 11.5. The van der Waals surface area contributed by atoms with Crippen LogP contribution in [0.25, 0.3) is 0 Å². The maximum atomic E-state index is 12.9. The van der Waals surface area contributed by atoms with Crippen LogP contribution < -0.4 is 5.32 Å². The van der Waals surface area contributed by atoms with E-state index in [0.717, 1.165) is 63.3 Å². The minimum Gasteiger partial charge on any atom is -0.349 e. The van der Waals surface area contributed by atoms with Gasteiger partial charge in [-0.05, 0) is 55.9 Å². The second-order valence-electron chi connectivity index (χ2n) is 9.72. The van der Waals surface area contributed by atoms with Crippen LogP contribution in [0.4, 0.5) is 0 Å². The van der Waals surface area contributed by atoms with E-state index >= 15 is 0 Å². The van der Waals surface area contributed by atoms with E-state index in [9.17, 15) is 9.59 Å². The number of amides is 2. The molecule has 1 saturated carbocycles. The van der Waals surface area contributed by atoms with Crippen LogP contribution in [0, 0.1) is 18.3 Å². The van der Waals surface area contributed by atoms with Gasteiger partial charge in [0.25, 0.3) is 5.91 Å². The Morgan fingerprint density at radius 1 is 1.10 bits per heavy atom. The molecule has 1 spiro atoms. The summed E-state index contributed by atoms with van der Waals surface area (Å²) >= 11 is 0. The van der Waals surface area contributed by atoms with Gasteiger partial charge in [-0.1, -0.05) is 29.8 Å². The number of hydrogen-bond donors (Lipinski definition) is 1. The second-order valence-corrected chi connectivity index (χ2v) is 9.72. The highest BCUT2D eigenvalue weighted by molar-refractivity contribution is 5.90. The summed E-state index contributed by atoms with van der Waals surface area (Å²) in [4.78, 5) is 27.5. The summed E-state index contributed by atoms with van der Waals surface area (Å²) < 4.78 is 2.01. The predicted octanol–water partition coefficient (Wildman–Crippen LogP) is 2.52. The fourth-order valence-electron chi connectivity index (χ4n) is 4.96. The molecule has 3 heterocycles. The first-order chi connectivity index (χ1) is 15.0. The Hall–Kier alpha value is -2.70. The van der Waals surface area contributed by atoms with Gasteiger partial charge in [0.15, 0.2) is 0 Å². The zero-order valence-electron chi connectivity index (χ0n) is 18.3. The van der Waals surface area contributed by atoms with Gasteiger partial charge in [-0.2, -0.15) is 0 Å². The maximum absolute atomic E-state index is 12.9. The van der Waals surface area contributed by atoms with Crippen LogP contribution in [0.2, 0.25) is 0 Å². The first-order valence-corrected chi connectivity index (χ1v) is 11.5. The average molecular weight is 422 g/mol. The zero-order chi connectivity index (χ0) is 21.4. The Balaban J connectivity index is 1.21. The maximum Gasteiger partial charge on any atom is 0.289 e. The first kappa shape index (κ1) is 20.2. The molecule has 2 amide bonds.